The topological polar surface area (TPSA) is 43.4 Å². The number of benzene rings is 1. The van der Waals surface area contributed by atoms with E-state index in [1.54, 1.807) is 31.5 Å². The molecule has 2 aromatic rings. The Morgan fingerprint density at radius 3 is 2.89 bits per heavy atom. The van der Waals surface area contributed by atoms with E-state index < -0.39 is 0 Å². The van der Waals surface area contributed by atoms with Crippen molar-refractivity contribution in [1.82, 2.24) is 10.5 Å². The Balaban J connectivity index is 2.39. The van der Waals surface area contributed by atoms with Gasteiger partial charge in [0.25, 0.3) is 0 Å². The minimum Gasteiger partial charge on any atom is -0.493 e. The number of hydrogen-bond donors (Lipinski definition) is 1. The normalized spacial score (nSPS) is 10.6. The van der Waals surface area contributed by atoms with Crippen LogP contribution in [-0.4, -0.2) is 24.5 Å². The maximum atomic E-state index is 6.10. The van der Waals surface area contributed by atoms with Crippen LogP contribution in [0.25, 0.3) is 10.9 Å². The molecule has 0 bridgehead atoms. The third-order valence-electron chi connectivity index (χ3n) is 2.35. The Morgan fingerprint density at radius 2 is 2.17 bits per heavy atom. The fourth-order valence-electron chi connectivity index (χ4n) is 1.53. The first-order chi connectivity index (χ1) is 8.76. The Morgan fingerprint density at radius 1 is 1.33 bits per heavy atom. The van der Waals surface area contributed by atoms with Gasteiger partial charge >= 0.3 is 0 Å². The number of fused-ring (bicyclic) bond motifs is 1. The second-order valence-corrected chi connectivity index (χ2v) is 4.28. The maximum absolute atomic E-state index is 6.10. The van der Waals surface area contributed by atoms with Crippen molar-refractivity contribution in [2.75, 3.05) is 19.5 Å². The van der Waals surface area contributed by atoms with E-state index in [0.29, 0.717) is 28.9 Å². The van der Waals surface area contributed by atoms with Crippen molar-refractivity contribution in [2.24, 2.45) is 0 Å². The number of ether oxygens (including phenoxy) is 1. The van der Waals surface area contributed by atoms with E-state index in [-0.39, 0.29) is 0 Å². The number of aromatic nitrogens is 1. The third kappa shape index (κ3) is 2.77. The molecule has 0 unspecified atom stereocenters. The lowest BCUT2D eigenvalue weighted by atomic mass is 10.2. The predicted octanol–water partition coefficient (Wildman–Crippen LogP) is 3.02. The van der Waals surface area contributed by atoms with Gasteiger partial charge in [-0.05, 0) is 12.1 Å². The van der Waals surface area contributed by atoms with Gasteiger partial charge in [0.2, 0.25) is 0 Å². The van der Waals surface area contributed by atoms with Crippen LogP contribution < -0.4 is 15.1 Å². The zero-order chi connectivity index (χ0) is 13.0. The van der Waals surface area contributed by atoms with Crippen LogP contribution in [0.5, 0.6) is 11.5 Å². The molecular formula is C12H12Cl2N2O2. The average molecular weight is 287 g/mol. The first-order valence-electron chi connectivity index (χ1n) is 5.34. The summed E-state index contributed by atoms with van der Waals surface area (Å²) in [5, 5.41) is 1.44. The standard InChI is InChI=1S/C12H12Cl2N2O2/c1-17-11-6-8-9(14)2-4-15-10(8)7-12(11)18-16-5-3-13/h2,4,6-7,16H,3,5H2,1H3. The van der Waals surface area contributed by atoms with Crippen LogP contribution in [0, 0.1) is 0 Å². The molecule has 0 saturated carbocycles. The largest absolute Gasteiger partial charge is 0.493 e. The molecule has 96 valence electrons. The zero-order valence-electron chi connectivity index (χ0n) is 9.74. The van der Waals surface area contributed by atoms with Gasteiger partial charge in [-0.2, -0.15) is 5.48 Å². The van der Waals surface area contributed by atoms with Crippen molar-refractivity contribution < 1.29 is 9.57 Å². The summed E-state index contributed by atoms with van der Waals surface area (Å²) in [6.07, 6.45) is 1.65. The molecule has 0 atom stereocenters. The van der Waals surface area contributed by atoms with Crippen LogP contribution in [0.3, 0.4) is 0 Å². The molecule has 0 aliphatic rings. The average Bonchev–Trinajstić information content (AvgIpc) is 2.39. The van der Waals surface area contributed by atoms with Gasteiger partial charge in [0.05, 0.1) is 17.6 Å². The molecule has 18 heavy (non-hydrogen) atoms. The van der Waals surface area contributed by atoms with Crippen LogP contribution in [0.4, 0.5) is 0 Å². The van der Waals surface area contributed by atoms with Gasteiger partial charge in [-0.15, -0.1) is 11.6 Å². The molecule has 1 aromatic carbocycles. The summed E-state index contributed by atoms with van der Waals surface area (Å²) in [5.74, 6) is 1.59. The molecule has 0 aliphatic carbocycles. The second-order valence-electron chi connectivity index (χ2n) is 3.50. The summed E-state index contributed by atoms with van der Waals surface area (Å²) in [6, 6.07) is 5.29. The predicted molar refractivity (Wildman–Crippen MR) is 72.7 cm³/mol. The number of halogens is 2. The molecule has 0 fully saturated rings. The number of alkyl halides is 1. The van der Waals surface area contributed by atoms with Crippen LogP contribution in [0.15, 0.2) is 24.4 Å². The van der Waals surface area contributed by atoms with E-state index in [1.165, 1.54) is 0 Å². The molecule has 1 aromatic heterocycles. The highest BCUT2D eigenvalue weighted by atomic mass is 35.5. The molecule has 4 nitrogen and oxygen atoms in total. The van der Waals surface area contributed by atoms with Gasteiger partial charge in [0.1, 0.15) is 0 Å². The molecule has 0 radical (unpaired) electrons. The molecule has 0 spiro atoms. The van der Waals surface area contributed by atoms with Gasteiger partial charge < -0.3 is 9.57 Å². The Hall–Kier alpha value is -1.23. The second kappa shape index (κ2) is 6.09. The Bertz CT molecular complexity index is 549. The van der Waals surface area contributed by atoms with Crippen LogP contribution in [-0.2, 0) is 0 Å². The summed E-state index contributed by atoms with van der Waals surface area (Å²) < 4.78 is 5.25. The number of pyridine rings is 1. The van der Waals surface area contributed by atoms with Crippen LogP contribution in [0.2, 0.25) is 5.02 Å². The molecule has 6 heteroatoms. The van der Waals surface area contributed by atoms with Gasteiger partial charge in [-0.3, -0.25) is 4.98 Å². The van der Waals surface area contributed by atoms with Crippen molar-refractivity contribution in [1.29, 1.82) is 0 Å². The summed E-state index contributed by atoms with van der Waals surface area (Å²) in [7, 11) is 1.57. The highest BCUT2D eigenvalue weighted by Gasteiger charge is 2.09. The lowest BCUT2D eigenvalue weighted by molar-refractivity contribution is 0.194. The highest BCUT2D eigenvalue weighted by Crippen LogP contribution is 2.33. The van der Waals surface area contributed by atoms with Gasteiger partial charge in [-0.25, -0.2) is 0 Å². The lowest BCUT2D eigenvalue weighted by Crippen LogP contribution is -2.20. The minimum atomic E-state index is 0.458. The molecule has 0 aliphatic heterocycles. The van der Waals surface area contributed by atoms with Crippen molar-refractivity contribution in [3.8, 4) is 11.5 Å². The maximum Gasteiger partial charge on any atom is 0.191 e. The first-order valence-corrected chi connectivity index (χ1v) is 6.25. The van der Waals surface area contributed by atoms with Crippen molar-refractivity contribution >= 4 is 34.1 Å². The summed E-state index contributed by atoms with van der Waals surface area (Å²) in [4.78, 5) is 9.61. The monoisotopic (exact) mass is 286 g/mol. The van der Waals surface area contributed by atoms with Gasteiger partial charge in [0.15, 0.2) is 11.5 Å². The Kier molecular flexibility index (Phi) is 4.47. The molecule has 1 N–H and O–H groups in total. The van der Waals surface area contributed by atoms with E-state index in [9.17, 15) is 0 Å². The van der Waals surface area contributed by atoms with Crippen LogP contribution >= 0.6 is 23.2 Å². The number of nitrogens with zero attached hydrogens (tertiary/aromatic N) is 1. The van der Waals surface area contributed by atoms with E-state index in [0.717, 1.165) is 10.9 Å². The van der Waals surface area contributed by atoms with Crippen LogP contribution in [0.1, 0.15) is 0 Å². The van der Waals surface area contributed by atoms with Crippen molar-refractivity contribution in [2.45, 2.75) is 0 Å². The molecule has 0 saturated heterocycles. The minimum absolute atomic E-state index is 0.458. The third-order valence-corrected chi connectivity index (χ3v) is 2.87. The van der Waals surface area contributed by atoms with Crippen molar-refractivity contribution in [3.05, 3.63) is 29.4 Å². The Labute approximate surface area is 115 Å². The summed E-state index contributed by atoms with van der Waals surface area (Å²) in [5.41, 5.74) is 3.47. The molecular weight excluding hydrogens is 275 g/mol. The highest BCUT2D eigenvalue weighted by molar-refractivity contribution is 6.35. The first kappa shape index (κ1) is 13.2. The number of hydroxylamine groups is 1. The van der Waals surface area contributed by atoms with E-state index in [2.05, 4.69) is 10.5 Å². The fourth-order valence-corrected chi connectivity index (χ4v) is 1.81. The fraction of sp³-hybridized carbons (Fsp3) is 0.250. The summed E-state index contributed by atoms with van der Waals surface area (Å²) in [6.45, 7) is 0.533. The van der Waals surface area contributed by atoms with Gasteiger partial charge in [0, 0.05) is 30.1 Å². The number of nitrogens with one attached hydrogen (secondary N) is 1. The smallest absolute Gasteiger partial charge is 0.191 e. The van der Waals surface area contributed by atoms with E-state index in [1.807, 2.05) is 0 Å². The number of hydrogen-bond acceptors (Lipinski definition) is 4. The SMILES string of the molecule is COc1cc2c(Cl)ccnc2cc1ONCCCl. The zero-order valence-corrected chi connectivity index (χ0v) is 11.3. The summed E-state index contributed by atoms with van der Waals surface area (Å²) >= 11 is 11.6. The van der Waals surface area contributed by atoms with E-state index in [4.69, 9.17) is 32.8 Å². The lowest BCUT2D eigenvalue weighted by Gasteiger charge is -2.11. The molecule has 1 heterocycles. The van der Waals surface area contributed by atoms with Gasteiger partial charge in [-0.1, -0.05) is 11.6 Å². The van der Waals surface area contributed by atoms with E-state index >= 15 is 0 Å². The number of methoxy groups -OCH3 is 1. The quantitative estimate of drug-likeness (QED) is 0.521. The van der Waals surface area contributed by atoms with Crippen molar-refractivity contribution in [3.63, 3.8) is 0 Å². The molecule has 2 rings (SSSR count). The number of rotatable bonds is 5. The molecule has 0 amide bonds.